The Morgan fingerprint density at radius 3 is 1.98 bits per heavy atom. The highest BCUT2D eigenvalue weighted by Crippen LogP contribution is 2.43. The molecule has 1 aliphatic heterocycles. The Morgan fingerprint density at radius 2 is 1.42 bits per heavy atom. The van der Waals surface area contributed by atoms with Gasteiger partial charge in [0.15, 0.2) is 6.23 Å². The number of hydrogen-bond donors (Lipinski definition) is 2. The van der Waals surface area contributed by atoms with Crippen LogP contribution in [0, 0.1) is 6.92 Å². The van der Waals surface area contributed by atoms with E-state index in [9.17, 15) is 14.7 Å². The van der Waals surface area contributed by atoms with Crippen LogP contribution in [0.3, 0.4) is 0 Å². The van der Waals surface area contributed by atoms with E-state index in [4.69, 9.17) is 28.4 Å². The van der Waals surface area contributed by atoms with Gasteiger partial charge in [0.25, 0.3) is 5.56 Å². The van der Waals surface area contributed by atoms with Crippen molar-refractivity contribution in [2.45, 2.75) is 37.1 Å². The minimum Gasteiger partial charge on any atom is -0.497 e. The summed E-state index contributed by atoms with van der Waals surface area (Å²) >= 11 is 0. The summed E-state index contributed by atoms with van der Waals surface area (Å²) in [7, 11) is 4.75. The van der Waals surface area contributed by atoms with Crippen LogP contribution in [0.25, 0.3) is 0 Å². The van der Waals surface area contributed by atoms with Gasteiger partial charge in [-0.2, -0.15) is 0 Å². The van der Waals surface area contributed by atoms with Crippen molar-refractivity contribution in [3.8, 4) is 11.5 Å². The fraction of sp³-hybridized carbons (Fsp3) is 0.353. The van der Waals surface area contributed by atoms with Crippen LogP contribution >= 0.6 is 0 Å². The largest absolute Gasteiger partial charge is 0.497 e. The van der Waals surface area contributed by atoms with Crippen LogP contribution in [-0.2, 0) is 24.5 Å². The van der Waals surface area contributed by atoms with Crippen molar-refractivity contribution in [3.05, 3.63) is 128 Å². The average Bonchev–Trinajstić information content (AvgIpc) is 3.38. The molecule has 0 saturated carbocycles. The maximum absolute atomic E-state index is 12.9. The monoisotopic (exact) mass is 618 g/mol. The van der Waals surface area contributed by atoms with E-state index in [0.29, 0.717) is 17.1 Å². The third kappa shape index (κ3) is 6.58. The molecule has 4 aromatic rings. The fourth-order valence-electron chi connectivity index (χ4n) is 5.58. The number of aromatic amines is 1. The van der Waals surface area contributed by atoms with E-state index in [1.807, 2.05) is 78.9 Å². The Morgan fingerprint density at radius 1 is 0.844 bits per heavy atom. The van der Waals surface area contributed by atoms with Crippen LogP contribution in [0.5, 0.6) is 11.5 Å². The van der Waals surface area contributed by atoms with Crippen LogP contribution in [0.1, 0.15) is 28.5 Å². The van der Waals surface area contributed by atoms with Crippen LogP contribution < -0.4 is 20.7 Å². The molecule has 0 spiro atoms. The smallest absolute Gasteiger partial charge is 0.330 e. The van der Waals surface area contributed by atoms with E-state index in [0.717, 1.165) is 16.7 Å². The number of aliphatic hydroxyl groups is 1. The Hall–Kier alpha value is -4.26. The first kappa shape index (κ1) is 32.1. The van der Waals surface area contributed by atoms with Gasteiger partial charge in [-0.15, -0.1) is 0 Å². The lowest BCUT2D eigenvalue weighted by molar-refractivity contribution is -0.0994. The lowest BCUT2D eigenvalue weighted by atomic mass is 9.80. The number of ether oxygens (including phenoxy) is 6. The van der Waals surface area contributed by atoms with Crippen LogP contribution in [0.2, 0.25) is 0 Å². The summed E-state index contributed by atoms with van der Waals surface area (Å²) in [5.74, 6) is 1.37. The predicted octanol–water partition coefficient (Wildman–Crippen LogP) is 3.16. The number of nitrogens with one attached hydrogen (secondary N) is 1. The molecule has 1 aromatic heterocycles. The number of aromatic nitrogens is 2. The molecule has 2 heterocycles. The summed E-state index contributed by atoms with van der Waals surface area (Å²) < 4.78 is 36.4. The third-order valence-electron chi connectivity index (χ3n) is 7.97. The van der Waals surface area contributed by atoms with Crippen molar-refractivity contribution >= 4 is 0 Å². The van der Waals surface area contributed by atoms with E-state index in [2.05, 4.69) is 4.98 Å². The van der Waals surface area contributed by atoms with Gasteiger partial charge in [-0.1, -0.05) is 54.6 Å². The van der Waals surface area contributed by atoms with E-state index in [1.165, 1.54) is 17.9 Å². The summed E-state index contributed by atoms with van der Waals surface area (Å²) in [4.78, 5) is 27.2. The van der Waals surface area contributed by atoms with Crippen molar-refractivity contribution in [1.82, 2.24) is 9.55 Å². The number of aryl methyl sites for hydroxylation is 1. The Balaban J connectivity index is 1.56. The van der Waals surface area contributed by atoms with Gasteiger partial charge in [0, 0.05) is 18.9 Å². The standard InChI is InChI=1S/C34H38N2O9/c1-22-20-36(33(39)35-31(22)38)32-30(43-19-18-40-2)29(37)28(45-32)21-44-34(23-8-6-5-7-9-23,24-10-14-26(41-3)15-11-24)25-12-16-27(42-4)17-13-25/h5-17,20,28-30,32,37H,18-19,21H2,1-4H3,(H,35,38,39)/t28-,29-,30+,32+/m1/s1. The van der Waals surface area contributed by atoms with Gasteiger partial charge in [-0.05, 0) is 47.9 Å². The van der Waals surface area contributed by atoms with E-state index in [-0.39, 0.29) is 19.8 Å². The van der Waals surface area contributed by atoms with Gasteiger partial charge in [0.2, 0.25) is 0 Å². The van der Waals surface area contributed by atoms with E-state index >= 15 is 0 Å². The van der Waals surface area contributed by atoms with Gasteiger partial charge in [0.1, 0.15) is 35.4 Å². The Labute approximate surface area is 260 Å². The SMILES string of the molecule is COCCO[C@H]1[C@H](O)[C@@H](COC(c2ccccc2)(c2ccc(OC)cc2)c2ccc(OC)cc2)O[C@@H]1n1cc(C)c(=O)[nH]c1=O. The number of methoxy groups -OCH3 is 3. The van der Waals surface area contributed by atoms with Gasteiger partial charge in [-0.3, -0.25) is 14.3 Å². The van der Waals surface area contributed by atoms with Gasteiger partial charge in [0.05, 0.1) is 34.0 Å². The topological polar surface area (TPSA) is 130 Å². The summed E-state index contributed by atoms with van der Waals surface area (Å²) in [5, 5.41) is 11.5. The maximum atomic E-state index is 12.9. The lowest BCUT2D eigenvalue weighted by Gasteiger charge is -2.37. The number of hydrogen-bond acceptors (Lipinski definition) is 9. The van der Waals surface area contributed by atoms with E-state index < -0.39 is 41.4 Å². The summed E-state index contributed by atoms with van der Waals surface area (Å²) in [5.41, 5.74) is 0.430. The number of aliphatic hydroxyl groups excluding tert-OH is 1. The zero-order chi connectivity index (χ0) is 32.0. The number of benzene rings is 3. The first-order chi connectivity index (χ1) is 21.8. The molecule has 238 valence electrons. The molecule has 0 amide bonds. The second kappa shape index (κ2) is 14.2. The second-order valence-electron chi connectivity index (χ2n) is 10.7. The first-order valence-corrected chi connectivity index (χ1v) is 14.6. The van der Waals surface area contributed by atoms with Gasteiger partial charge < -0.3 is 33.5 Å². The molecule has 11 nitrogen and oxygen atoms in total. The Kier molecular flexibility index (Phi) is 10.2. The summed E-state index contributed by atoms with van der Waals surface area (Å²) in [6.07, 6.45) is -2.70. The highest BCUT2D eigenvalue weighted by Gasteiger charge is 2.48. The number of rotatable bonds is 13. The summed E-state index contributed by atoms with van der Waals surface area (Å²) in [6, 6.07) is 24.9. The highest BCUT2D eigenvalue weighted by atomic mass is 16.6. The van der Waals surface area contributed by atoms with Gasteiger partial charge >= 0.3 is 5.69 Å². The first-order valence-electron chi connectivity index (χ1n) is 14.6. The fourth-order valence-corrected chi connectivity index (χ4v) is 5.58. The third-order valence-corrected chi connectivity index (χ3v) is 7.97. The molecule has 0 unspecified atom stereocenters. The van der Waals surface area contributed by atoms with Crippen molar-refractivity contribution < 1.29 is 33.5 Å². The number of H-pyrrole nitrogens is 1. The number of nitrogens with zero attached hydrogens (tertiary/aromatic N) is 1. The molecule has 3 aromatic carbocycles. The molecule has 4 atom stereocenters. The van der Waals surface area contributed by atoms with Crippen LogP contribution in [-0.4, -0.2) is 74.1 Å². The minimum atomic E-state index is -1.19. The highest BCUT2D eigenvalue weighted by molar-refractivity contribution is 5.49. The quantitative estimate of drug-likeness (QED) is 0.171. The summed E-state index contributed by atoms with van der Waals surface area (Å²) in [6.45, 7) is 1.91. The molecule has 5 rings (SSSR count). The molecular formula is C34H38N2O9. The lowest BCUT2D eigenvalue weighted by Crippen LogP contribution is -2.41. The van der Waals surface area contributed by atoms with Crippen LogP contribution in [0.15, 0.2) is 94.6 Å². The van der Waals surface area contributed by atoms with Crippen molar-refractivity contribution in [3.63, 3.8) is 0 Å². The Bertz CT molecular complexity index is 1610. The van der Waals surface area contributed by atoms with Crippen LogP contribution in [0.4, 0.5) is 0 Å². The maximum Gasteiger partial charge on any atom is 0.330 e. The normalized spacial score (nSPS) is 19.8. The molecular weight excluding hydrogens is 580 g/mol. The van der Waals surface area contributed by atoms with E-state index in [1.54, 1.807) is 21.1 Å². The minimum absolute atomic E-state index is 0.0914. The zero-order valence-corrected chi connectivity index (χ0v) is 25.7. The molecule has 11 heteroatoms. The molecule has 1 aliphatic rings. The van der Waals surface area contributed by atoms with Crippen molar-refractivity contribution in [1.29, 1.82) is 0 Å². The average molecular weight is 619 g/mol. The molecule has 0 bridgehead atoms. The molecule has 2 N–H and O–H groups in total. The zero-order valence-electron chi connectivity index (χ0n) is 25.7. The predicted molar refractivity (Wildman–Crippen MR) is 166 cm³/mol. The van der Waals surface area contributed by atoms with Gasteiger partial charge in [-0.25, -0.2) is 4.79 Å². The molecule has 0 radical (unpaired) electrons. The molecule has 45 heavy (non-hydrogen) atoms. The molecule has 1 saturated heterocycles. The molecule has 0 aliphatic carbocycles. The van der Waals surface area contributed by atoms with Crippen molar-refractivity contribution in [2.24, 2.45) is 0 Å². The van der Waals surface area contributed by atoms with Crippen molar-refractivity contribution in [2.75, 3.05) is 41.2 Å². The molecule has 1 fully saturated rings. The second-order valence-corrected chi connectivity index (χ2v) is 10.7.